The molecule has 1 aliphatic rings. The summed E-state index contributed by atoms with van der Waals surface area (Å²) in [6.45, 7) is 5.59. The van der Waals surface area contributed by atoms with Crippen LogP contribution < -0.4 is 10.5 Å². The minimum Gasteiger partial charge on any atom is -0.457 e. The van der Waals surface area contributed by atoms with Gasteiger partial charge in [0.25, 0.3) is 5.92 Å². The first-order valence-corrected chi connectivity index (χ1v) is 13.2. The van der Waals surface area contributed by atoms with Crippen LogP contribution in [0.4, 0.5) is 19.0 Å². The highest BCUT2D eigenvalue weighted by atomic mass is 19.3. The molecule has 5 rings (SSSR count). The molecule has 2 aromatic carbocycles. The molecule has 2 N–H and O–H groups in total. The third kappa shape index (κ3) is 6.33. The average molecular weight is 562 g/mol. The Kier molecular flexibility index (Phi) is 7.44. The summed E-state index contributed by atoms with van der Waals surface area (Å²) < 4.78 is 52.7. The van der Waals surface area contributed by atoms with Gasteiger partial charge >= 0.3 is 0 Å². The molecule has 8 nitrogen and oxygen atoms in total. The van der Waals surface area contributed by atoms with Crippen LogP contribution in [0.25, 0.3) is 22.3 Å². The van der Waals surface area contributed by atoms with Crippen molar-refractivity contribution in [3.05, 3.63) is 72.3 Å². The number of para-hydroxylation sites is 1. The summed E-state index contributed by atoms with van der Waals surface area (Å²) >= 11 is 0. The monoisotopic (exact) mass is 561 g/mol. The lowest BCUT2D eigenvalue weighted by Crippen LogP contribution is -2.48. The maximum atomic E-state index is 15.5. The predicted octanol–water partition coefficient (Wildman–Crippen LogP) is 6.39. The number of anilines is 1. The van der Waals surface area contributed by atoms with Crippen molar-refractivity contribution in [2.45, 2.75) is 39.2 Å². The van der Waals surface area contributed by atoms with Gasteiger partial charge in [0.05, 0.1) is 24.0 Å². The van der Waals surface area contributed by atoms with Crippen molar-refractivity contribution in [1.29, 1.82) is 5.26 Å². The normalized spacial score (nSPS) is 17.9. The number of hydrogen-bond donors (Lipinski definition) is 1. The van der Waals surface area contributed by atoms with E-state index in [2.05, 4.69) is 21.1 Å². The van der Waals surface area contributed by atoms with Crippen LogP contribution in [0.1, 0.15) is 33.2 Å². The van der Waals surface area contributed by atoms with Crippen molar-refractivity contribution in [3.8, 4) is 28.8 Å². The van der Waals surface area contributed by atoms with Crippen LogP contribution in [0, 0.1) is 22.6 Å². The summed E-state index contributed by atoms with van der Waals surface area (Å²) in [6.07, 6.45) is 2.52. The second kappa shape index (κ2) is 10.9. The summed E-state index contributed by atoms with van der Waals surface area (Å²) in [5, 5.41) is 14.5. The van der Waals surface area contributed by atoms with Crippen LogP contribution in [-0.4, -0.2) is 50.2 Å². The number of nitriles is 1. The van der Waals surface area contributed by atoms with Crippen molar-refractivity contribution < 1.29 is 17.9 Å². The fourth-order valence-electron chi connectivity index (χ4n) is 5.14. The van der Waals surface area contributed by atoms with Crippen LogP contribution in [0.5, 0.6) is 11.5 Å². The topological polar surface area (TPSA) is 106 Å². The molecule has 0 spiro atoms. The molecule has 1 aliphatic heterocycles. The van der Waals surface area contributed by atoms with Gasteiger partial charge in [0.15, 0.2) is 5.65 Å². The molecule has 0 unspecified atom stereocenters. The molecule has 4 aromatic rings. The van der Waals surface area contributed by atoms with Crippen molar-refractivity contribution in [3.63, 3.8) is 0 Å². The van der Waals surface area contributed by atoms with Gasteiger partial charge in [-0.3, -0.25) is 4.90 Å². The molecule has 11 heteroatoms. The quantitative estimate of drug-likeness (QED) is 0.272. The van der Waals surface area contributed by atoms with Gasteiger partial charge in [-0.15, -0.1) is 0 Å². The van der Waals surface area contributed by atoms with Gasteiger partial charge in [-0.05, 0) is 29.7 Å². The first-order chi connectivity index (χ1) is 19.4. The highest BCUT2D eigenvalue weighted by Crippen LogP contribution is 2.39. The Hall–Kier alpha value is -4.43. The molecule has 1 saturated heterocycles. The Bertz CT molecular complexity index is 1640. The second-order valence-corrected chi connectivity index (χ2v) is 11.3. The standard InChI is InChI=1S/C30H30F3N7O/c1-29(2,3)12-19(14-34)15-39-16-20(13-30(32,33)17-39)40-28-25(27(35)36-18-37-28)26(38-40)23-10-9-22(11-24(23)31)41-21-7-5-4-6-8-21/h4-12,18,20H,13,15-17H2,1-3H3,(H2,35,36,37)/b19-12+/t20-/m1/s1. The maximum Gasteiger partial charge on any atom is 0.262 e. The molecule has 0 saturated carbocycles. The van der Waals surface area contributed by atoms with Crippen LogP contribution in [0.15, 0.2) is 66.5 Å². The number of piperidine rings is 1. The Morgan fingerprint density at radius 3 is 2.61 bits per heavy atom. The van der Waals surface area contributed by atoms with E-state index < -0.39 is 30.7 Å². The predicted molar refractivity (Wildman–Crippen MR) is 150 cm³/mol. The number of rotatable bonds is 6. The van der Waals surface area contributed by atoms with Gasteiger partial charge < -0.3 is 10.5 Å². The fourth-order valence-corrected chi connectivity index (χ4v) is 5.14. The van der Waals surface area contributed by atoms with E-state index >= 15 is 13.2 Å². The van der Waals surface area contributed by atoms with Gasteiger partial charge in [0.1, 0.15) is 35.2 Å². The zero-order valence-electron chi connectivity index (χ0n) is 23.0. The second-order valence-electron chi connectivity index (χ2n) is 11.3. The Morgan fingerprint density at radius 1 is 1.17 bits per heavy atom. The van der Waals surface area contributed by atoms with Crippen molar-refractivity contribution in [1.82, 2.24) is 24.6 Å². The molecule has 1 fully saturated rings. The lowest BCUT2D eigenvalue weighted by Gasteiger charge is -2.37. The Morgan fingerprint density at radius 2 is 1.93 bits per heavy atom. The number of ether oxygens (including phenoxy) is 1. The average Bonchev–Trinajstić information content (AvgIpc) is 3.28. The fraction of sp³-hybridized carbons (Fsp3) is 0.333. The number of likely N-dealkylation sites (tertiary alicyclic amines) is 1. The van der Waals surface area contributed by atoms with Gasteiger partial charge in [-0.25, -0.2) is 27.8 Å². The van der Waals surface area contributed by atoms with Crippen LogP contribution in [-0.2, 0) is 0 Å². The van der Waals surface area contributed by atoms with Crippen LogP contribution in [0.2, 0.25) is 0 Å². The third-order valence-corrected chi connectivity index (χ3v) is 6.64. The van der Waals surface area contributed by atoms with E-state index in [1.165, 1.54) is 23.1 Å². The number of nitrogens with two attached hydrogens (primary N) is 1. The molecule has 0 aliphatic carbocycles. The molecule has 0 radical (unpaired) electrons. The largest absolute Gasteiger partial charge is 0.457 e. The third-order valence-electron chi connectivity index (χ3n) is 6.64. The molecule has 2 aromatic heterocycles. The van der Waals surface area contributed by atoms with E-state index in [0.29, 0.717) is 11.3 Å². The van der Waals surface area contributed by atoms with E-state index in [-0.39, 0.29) is 52.4 Å². The molecule has 1 atom stereocenters. The molecule has 0 amide bonds. The van der Waals surface area contributed by atoms with Crippen LogP contribution >= 0.6 is 0 Å². The number of aromatic nitrogens is 4. The number of alkyl halides is 2. The summed E-state index contributed by atoms with van der Waals surface area (Å²) in [5.74, 6) is -2.80. The molecular formula is C30H30F3N7O. The number of benzene rings is 2. The van der Waals surface area contributed by atoms with E-state index in [1.54, 1.807) is 41.3 Å². The summed E-state index contributed by atoms with van der Waals surface area (Å²) in [7, 11) is 0. The SMILES string of the molecule is CC(C)(C)/C=C(\C#N)CN1C[C@H](n2nc(-c3ccc(Oc4ccccc4)cc3F)c3c(N)ncnc32)CC(F)(F)C1. The van der Waals surface area contributed by atoms with Gasteiger partial charge in [-0.1, -0.05) is 45.0 Å². The minimum absolute atomic E-state index is 0.0552. The Balaban J connectivity index is 1.51. The van der Waals surface area contributed by atoms with Gasteiger partial charge in [-0.2, -0.15) is 10.4 Å². The van der Waals surface area contributed by atoms with E-state index in [0.717, 1.165) is 0 Å². The Labute approximate surface area is 235 Å². The number of allylic oxidation sites excluding steroid dienone is 1. The number of nitrogen functional groups attached to an aromatic ring is 1. The number of fused-ring (bicyclic) bond motifs is 1. The number of nitrogens with zero attached hydrogens (tertiary/aromatic N) is 6. The molecule has 212 valence electrons. The molecule has 3 heterocycles. The molecule has 41 heavy (non-hydrogen) atoms. The van der Waals surface area contributed by atoms with Crippen molar-refractivity contribution in [2.24, 2.45) is 5.41 Å². The molecular weight excluding hydrogens is 531 g/mol. The lowest BCUT2D eigenvalue weighted by molar-refractivity contribution is -0.0798. The van der Waals surface area contributed by atoms with Gasteiger partial charge in [0.2, 0.25) is 0 Å². The van der Waals surface area contributed by atoms with Gasteiger partial charge in [0, 0.05) is 36.7 Å². The highest BCUT2D eigenvalue weighted by Gasteiger charge is 2.42. The zero-order valence-corrected chi connectivity index (χ0v) is 23.0. The first-order valence-electron chi connectivity index (χ1n) is 13.2. The molecule has 0 bridgehead atoms. The van der Waals surface area contributed by atoms with E-state index in [1.807, 2.05) is 26.8 Å². The minimum atomic E-state index is -3.05. The van der Waals surface area contributed by atoms with Crippen LogP contribution in [0.3, 0.4) is 0 Å². The highest BCUT2D eigenvalue weighted by molar-refractivity contribution is 5.98. The number of halogens is 3. The zero-order chi connectivity index (χ0) is 29.4. The summed E-state index contributed by atoms with van der Waals surface area (Å²) in [4.78, 5) is 9.89. The van der Waals surface area contributed by atoms with E-state index in [4.69, 9.17) is 10.5 Å². The van der Waals surface area contributed by atoms with Crippen molar-refractivity contribution >= 4 is 16.9 Å². The van der Waals surface area contributed by atoms with Crippen molar-refractivity contribution in [2.75, 3.05) is 25.4 Å². The van der Waals surface area contributed by atoms with E-state index in [9.17, 15) is 5.26 Å². The summed E-state index contributed by atoms with van der Waals surface area (Å²) in [5.41, 5.74) is 6.80. The first kappa shape index (κ1) is 28.1. The maximum absolute atomic E-state index is 15.5. The lowest BCUT2D eigenvalue weighted by atomic mass is 9.93. The smallest absolute Gasteiger partial charge is 0.262 e. The number of hydrogen-bond acceptors (Lipinski definition) is 7. The summed E-state index contributed by atoms with van der Waals surface area (Å²) in [6, 6.07) is 14.6.